The van der Waals surface area contributed by atoms with Gasteiger partial charge in [0, 0.05) is 19.3 Å². The second kappa shape index (κ2) is 6.52. The number of hydrogen-bond donors (Lipinski definition) is 1. The van der Waals surface area contributed by atoms with Crippen molar-refractivity contribution in [2.24, 2.45) is 11.7 Å². The van der Waals surface area contributed by atoms with Gasteiger partial charge in [-0.05, 0) is 25.2 Å². The second-order valence-corrected chi connectivity index (χ2v) is 7.49. The van der Waals surface area contributed by atoms with Gasteiger partial charge in [-0.15, -0.1) is 0 Å². The molecule has 5 nitrogen and oxygen atoms in total. The van der Waals surface area contributed by atoms with Gasteiger partial charge < -0.3 is 10.6 Å². The van der Waals surface area contributed by atoms with Crippen LogP contribution in [0.3, 0.4) is 0 Å². The fourth-order valence-corrected chi connectivity index (χ4v) is 2.98. The predicted molar refractivity (Wildman–Crippen MR) is 71.9 cm³/mol. The maximum Gasteiger partial charge on any atom is 0.239 e. The van der Waals surface area contributed by atoms with E-state index in [2.05, 4.69) is 6.92 Å². The molecular weight excluding hydrogens is 252 g/mol. The van der Waals surface area contributed by atoms with Gasteiger partial charge in [-0.1, -0.05) is 13.3 Å². The second-order valence-electron chi connectivity index (χ2n) is 5.23. The molecule has 106 valence electrons. The summed E-state index contributed by atoms with van der Waals surface area (Å²) in [6.07, 6.45) is 4.63. The first kappa shape index (κ1) is 15.4. The number of carbonyl (C=O) groups excluding carboxylic acids is 1. The molecule has 6 heteroatoms. The smallest absolute Gasteiger partial charge is 0.239 e. The molecule has 0 bridgehead atoms. The van der Waals surface area contributed by atoms with Crippen molar-refractivity contribution in [2.75, 3.05) is 25.1 Å². The SMILES string of the molecule is CCC1CCCN(C(=O)C(N)CCS(C)(=O)=O)C1. The maximum atomic E-state index is 12.1. The maximum absolute atomic E-state index is 12.1. The molecule has 1 rings (SSSR count). The van der Waals surface area contributed by atoms with Crippen LogP contribution in [-0.2, 0) is 14.6 Å². The zero-order valence-electron chi connectivity index (χ0n) is 11.3. The highest BCUT2D eigenvalue weighted by Crippen LogP contribution is 2.19. The number of piperidine rings is 1. The Morgan fingerprint density at radius 3 is 2.72 bits per heavy atom. The van der Waals surface area contributed by atoms with Gasteiger partial charge in [0.1, 0.15) is 9.84 Å². The molecule has 2 N–H and O–H groups in total. The van der Waals surface area contributed by atoms with E-state index < -0.39 is 15.9 Å². The third kappa shape index (κ3) is 4.94. The number of sulfone groups is 1. The summed E-state index contributed by atoms with van der Waals surface area (Å²) in [5, 5.41) is 0. The minimum absolute atomic E-state index is 0.0229. The van der Waals surface area contributed by atoms with E-state index in [1.54, 1.807) is 4.90 Å². The highest BCUT2D eigenvalue weighted by Gasteiger charge is 2.26. The van der Waals surface area contributed by atoms with Gasteiger partial charge in [0.15, 0.2) is 0 Å². The summed E-state index contributed by atoms with van der Waals surface area (Å²) < 4.78 is 22.1. The average Bonchev–Trinajstić information content (AvgIpc) is 2.34. The van der Waals surface area contributed by atoms with Crippen LogP contribution in [0.25, 0.3) is 0 Å². The molecule has 1 fully saturated rings. The van der Waals surface area contributed by atoms with Gasteiger partial charge in [-0.3, -0.25) is 4.79 Å². The van der Waals surface area contributed by atoms with E-state index in [1.807, 2.05) is 0 Å². The fourth-order valence-electron chi connectivity index (χ4n) is 2.30. The van der Waals surface area contributed by atoms with Crippen molar-refractivity contribution in [1.82, 2.24) is 4.90 Å². The number of rotatable bonds is 5. The third-order valence-corrected chi connectivity index (χ3v) is 4.50. The van der Waals surface area contributed by atoms with Crippen molar-refractivity contribution < 1.29 is 13.2 Å². The first-order chi connectivity index (χ1) is 8.33. The Labute approximate surface area is 110 Å². The Morgan fingerprint density at radius 1 is 1.50 bits per heavy atom. The molecule has 1 heterocycles. The van der Waals surface area contributed by atoms with Gasteiger partial charge >= 0.3 is 0 Å². The molecule has 1 aliphatic rings. The van der Waals surface area contributed by atoms with Crippen molar-refractivity contribution in [1.29, 1.82) is 0 Å². The normalized spacial score (nSPS) is 22.8. The van der Waals surface area contributed by atoms with Crippen LogP contribution in [-0.4, -0.2) is 50.4 Å². The van der Waals surface area contributed by atoms with Gasteiger partial charge in [0.05, 0.1) is 11.8 Å². The molecular formula is C12H24N2O3S. The minimum atomic E-state index is -3.05. The van der Waals surface area contributed by atoms with Crippen molar-refractivity contribution in [3.05, 3.63) is 0 Å². The van der Waals surface area contributed by atoms with Crippen molar-refractivity contribution in [3.8, 4) is 0 Å². The quantitative estimate of drug-likeness (QED) is 0.788. The van der Waals surface area contributed by atoms with Gasteiger partial charge in [-0.25, -0.2) is 8.42 Å². The van der Waals surface area contributed by atoms with Crippen molar-refractivity contribution in [3.63, 3.8) is 0 Å². The first-order valence-corrected chi connectivity index (χ1v) is 8.61. The van der Waals surface area contributed by atoms with Crippen LogP contribution in [0.1, 0.15) is 32.6 Å². The number of nitrogens with two attached hydrogens (primary N) is 1. The topological polar surface area (TPSA) is 80.5 Å². The molecule has 0 saturated carbocycles. The standard InChI is InChI=1S/C12H24N2O3S/c1-3-10-5-4-7-14(9-10)12(15)11(13)6-8-18(2,16)17/h10-11H,3-9,13H2,1-2H3. The molecule has 1 aliphatic heterocycles. The van der Waals surface area contributed by atoms with Gasteiger partial charge in [0.2, 0.25) is 5.91 Å². The molecule has 0 aromatic rings. The molecule has 0 aromatic carbocycles. The lowest BCUT2D eigenvalue weighted by atomic mass is 9.95. The first-order valence-electron chi connectivity index (χ1n) is 6.55. The number of hydrogen-bond acceptors (Lipinski definition) is 4. The van der Waals surface area contributed by atoms with Crippen LogP contribution in [0.2, 0.25) is 0 Å². The van der Waals surface area contributed by atoms with E-state index in [4.69, 9.17) is 5.73 Å². The molecule has 0 spiro atoms. The van der Waals surface area contributed by atoms with E-state index in [9.17, 15) is 13.2 Å². The molecule has 2 atom stereocenters. The molecule has 0 radical (unpaired) electrons. The molecule has 1 amide bonds. The minimum Gasteiger partial charge on any atom is -0.341 e. The summed E-state index contributed by atoms with van der Waals surface area (Å²) in [6, 6.07) is -0.685. The highest BCUT2D eigenvalue weighted by atomic mass is 32.2. The van der Waals surface area contributed by atoms with Crippen LogP contribution >= 0.6 is 0 Å². The predicted octanol–water partition coefficient (Wildman–Crippen LogP) is 0.397. The van der Waals surface area contributed by atoms with Crippen LogP contribution in [0, 0.1) is 5.92 Å². The van der Waals surface area contributed by atoms with Gasteiger partial charge in [-0.2, -0.15) is 0 Å². The van der Waals surface area contributed by atoms with Crippen LogP contribution in [0.4, 0.5) is 0 Å². The summed E-state index contributed by atoms with van der Waals surface area (Å²) in [5.74, 6) is 0.437. The summed E-state index contributed by atoms with van der Waals surface area (Å²) in [6.45, 7) is 3.64. The Hall–Kier alpha value is -0.620. The summed E-state index contributed by atoms with van der Waals surface area (Å²) in [4.78, 5) is 13.9. The molecule has 2 unspecified atom stereocenters. The van der Waals surface area contributed by atoms with Crippen LogP contribution in [0.5, 0.6) is 0 Å². The van der Waals surface area contributed by atoms with E-state index >= 15 is 0 Å². The van der Waals surface area contributed by atoms with Crippen LogP contribution in [0.15, 0.2) is 0 Å². The van der Waals surface area contributed by atoms with E-state index in [0.717, 1.165) is 32.2 Å². The zero-order valence-corrected chi connectivity index (χ0v) is 12.1. The summed E-state index contributed by atoms with van der Waals surface area (Å²) in [5.41, 5.74) is 5.79. The van der Waals surface area contributed by atoms with E-state index in [1.165, 1.54) is 6.42 Å². The number of carbonyl (C=O) groups is 1. The largest absolute Gasteiger partial charge is 0.341 e. The van der Waals surface area contributed by atoms with Gasteiger partial charge in [0.25, 0.3) is 0 Å². The van der Waals surface area contributed by atoms with E-state index in [0.29, 0.717) is 5.92 Å². The van der Waals surface area contributed by atoms with Crippen molar-refractivity contribution >= 4 is 15.7 Å². The number of likely N-dealkylation sites (tertiary alicyclic amines) is 1. The monoisotopic (exact) mass is 276 g/mol. The number of nitrogens with zero attached hydrogens (tertiary/aromatic N) is 1. The Morgan fingerprint density at radius 2 is 2.17 bits per heavy atom. The highest BCUT2D eigenvalue weighted by molar-refractivity contribution is 7.90. The lowest BCUT2D eigenvalue weighted by Crippen LogP contribution is -2.48. The number of amides is 1. The Balaban J connectivity index is 2.47. The molecule has 0 aromatic heterocycles. The lowest BCUT2D eigenvalue weighted by molar-refractivity contribution is -0.134. The summed E-state index contributed by atoms with van der Waals surface area (Å²) >= 11 is 0. The Kier molecular flexibility index (Phi) is 5.59. The lowest BCUT2D eigenvalue weighted by Gasteiger charge is -2.33. The Bertz CT molecular complexity index is 381. The van der Waals surface area contributed by atoms with Crippen LogP contribution < -0.4 is 5.73 Å². The molecule has 0 aliphatic carbocycles. The fraction of sp³-hybridized carbons (Fsp3) is 0.917. The molecule has 18 heavy (non-hydrogen) atoms. The zero-order chi connectivity index (χ0) is 13.8. The summed E-state index contributed by atoms with van der Waals surface area (Å²) in [7, 11) is -3.05. The third-order valence-electron chi connectivity index (χ3n) is 3.52. The van der Waals surface area contributed by atoms with E-state index in [-0.39, 0.29) is 18.1 Å². The average molecular weight is 276 g/mol. The van der Waals surface area contributed by atoms with Crippen molar-refractivity contribution in [2.45, 2.75) is 38.6 Å². The molecule has 1 saturated heterocycles.